The minimum Gasteiger partial charge on any atom is -0.333 e. The first kappa shape index (κ1) is 11.9. The highest BCUT2D eigenvalue weighted by Crippen LogP contribution is 2.32. The molecule has 2 aromatic rings. The summed E-state index contributed by atoms with van der Waals surface area (Å²) in [7, 11) is 1.97. The number of benzene rings is 1. The predicted octanol–water partition coefficient (Wildman–Crippen LogP) is 4.14. The first-order valence-electron chi connectivity index (χ1n) is 5.24. The topological polar surface area (TPSA) is 17.8 Å². The van der Waals surface area contributed by atoms with E-state index >= 15 is 0 Å². The maximum absolute atomic E-state index is 4.24. The molecule has 0 N–H and O–H groups in total. The second-order valence-corrected chi connectivity index (χ2v) is 4.46. The average molecular weight is 289 g/mol. The Kier molecular flexibility index (Phi) is 3.29. The highest BCUT2D eigenvalue weighted by Gasteiger charge is 2.13. The number of halogens is 1. The van der Waals surface area contributed by atoms with Gasteiger partial charge < -0.3 is 4.57 Å². The van der Waals surface area contributed by atoms with E-state index in [-0.39, 0.29) is 0 Å². The van der Waals surface area contributed by atoms with Gasteiger partial charge in [-0.1, -0.05) is 43.5 Å². The molecule has 0 aliphatic carbocycles. The summed E-state index contributed by atoms with van der Waals surface area (Å²) in [6, 6.07) is 6.10. The molecule has 0 atom stereocenters. The number of rotatable bonds is 3. The summed E-state index contributed by atoms with van der Waals surface area (Å²) >= 11 is 3.47. The van der Waals surface area contributed by atoms with Gasteiger partial charge in [-0.2, -0.15) is 0 Å². The Balaban J connectivity index is 2.76. The van der Waals surface area contributed by atoms with Crippen molar-refractivity contribution in [3.63, 3.8) is 0 Å². The standard InChI is InChI=1S/C14H13BrN2/c1-4-10-7-6-8-12(11(10)5-2)13-14(15)16-9-17(13)3/h4-9H,1-2H2,3H3. The van der Waals surface area contributed by atoms with Gasteiger partial charge in [-0.05, 0) is 27.1 Å². The van der Waals surface area contributed by atoms with Crippen LogP contribution in [0.15, 0.2) is 42.3 Å². The van der Waals surface area contributed by atoms with E-state index in [0.717, 1.165) is 27.0 Å². The van der Waals surface area contributed by atoms with E-state index in [9.17, 15) is 0 Å². The molecule has 0 saturated heterocycles. The molecule has 86 valence electrons. The van der Waals surface area contributed by atoms with Gasteiger partial charge in [0.25, 0.3) is 0 Å². The molecule has 0 spiro atoms. The fourth-order valence-electron chi connectivity index (χ4n) is 1.90. The van der Waals surface area contributed by atoms with Gasteiger partial charge in [0.2, 0.25) is 0 Å². The van der Waals surface area contributed by atoms with E-state index in [4.69, 9.17) is 0 Å². The first-order valence-corrected chi connectivity index (χ1v) is 6.03. The lowest BCUT2D eigenvalue weighted by Gasteiger charge is -2.10. The van der Waals surface area contributed by atoms with Crippen molar-refractivity contribution in [2.45, 2.75) is 0 Å². The third-order valence-electron chi connectivity index (χ3n) is 2.71. The largest absolute Gasteiger partial charge is 0.333 e. The number of nitrogens with zero attached hydrogens (tertiary/aromatic N) is 2. The SMILES string of the molecule is C=Cc1cccc(-c2c(Br)ncn2C)c1C=C. The Bertz CT molecular complexity index is 562. The number of hydrogen-bond acceptors (Lipinski definition) is 1. The summed E-state index contributed by atoms with van der Waals surface area (Å²) in [4.78, 5) is 4.24. The molecule has 3 heteroatoms. The van der Waals surface area contributed by atoms with Crippen LogP contribution in [0.1, 0.15) is 11.1 Å². The fourth-order valence-corrected chi connectivity index (χ4v) is 2.48. The molecule has 2 nitrogen and oxygen atoms in total. The second kappa shape index (κ2) is 4.72. The Labute approximate surface area is 109 Å². The van der Waals surface area contributed by atoms with Gasteiger partial charge in [0.05, 0.1) is 12.0 Å². The maximum Gasteiger partial charge on any atom is 0.132 e. The maximum atomic E-state index is 4.24. The Hall–Kier alpha value is -1.61. The number of imidazole rings is 1. The van der Waals surface area contributed by atoms with Crippen LogP contribution in [0.4, 0.5) is 0 Å². The summed E-state index contributed by atoms with van der Waals surface area (Å²) in [5.74, 6) is 0. The van der Waals surface area contributed by atoms with Crippen molar-refractivity contribution >= 4 is 28.1 Å². The van der Waals surface area contributed by atoms with Crippen molar-refractivity contribution < 1.29 is 0 Å². The molecule has 0 amide bonds. The van der Waals surface area contributed by atoms with Gasteiger partial charge in [-0.25, -0.2) is 4.98 Å². The van der Waals surface area contributed by atoms with Crippen molar-refractivity contribution in [2.24, 2.45) is 7.05 Å². The molecule has 1 heterocycles. The first-order chi connectivity index (χ1) is 8.19. The van der Waals surface area contributed by atoms with Crippen LogP contribution in [0.3, 0.4) is 0 Å². The van der Waals surface area contributed by atoms with E-state index < -0.39 is 0 Å². The van der Waals surface area contributed by atoms with Gasteiger partial charge in [0.15, 0.2) is 0 Å². The molecule has 0 aliphatic rings. The quantitative estimate of drug-likeness (QED) is 0.830. The normalized spacial score (nSPS) is 10.2. The minimum absolute atomic E-state index is 0.837. The van der Waals surface area contributed by atoms with E-state index in [1.54, 1.807) is 6.33 Å². The summed E-state index contributed by atoms with van der Waals surface area (Å²) in [6.07, 6.45) is 5.48. The third kappa shape index (κ3) is 1.98. The summed E-state index contributed by atoms with van der Waals surface area (Å²) in [5.41, 5.74) is 4.30. The summed E-state index contributed by atoms with van der Waals surface area (Å²) in [6.45, 7) is 7.70. The molecule has 2 rings (SSSR count). The molecule has 0 aliphatic heterocycles. The van der Waals surface area contributed by atoms with Gasteiger partial charge >= 0.3 is 0 Å². The fraction of sp³-hybridized carbons (Fsp3) is 0.0714. The molecule has 0 saturated carbocycles. The molecule has 0 radical (unpaired) electrons. The van der Waals surface area contributed by atoms with E-state index in [2.05, 4.69) is 40.1 Å². The molecule has 0 unspecified atom stereocenters. The lowest BCUT2D eigenvalue weighted by molar-refractivity contribution is 0.921. The van der Waals surface area contributed by atoms with Crippen LogP contribution in [-0.4, -0.2) is 9.55 Å². The summed E-state index contributed by atoms with van der Waals surface area (Å²) in [5, 5.41) is 0. The second-order valence-electron chi connectivity index (χ2n) is 3.71. The highest BCUT2D eigenvalue weighted by molar-refractivity contribution is 9.10. The molecule has 0 bridgehead atoms. The monoisotopic (exact) mass is 288 g/mol. The van der Waals surface area contributed by atoms with Crippen molar-refractivity contribution in [1.29, 1.82) is 0 Å². The number of aromatic nitrogens is 2. The van der Waals surface area contributed by atoms with Crippen molar-refractivity contribution in [3.05, 3.63) is 53.4 Å². The zero-order valence-corrected chi connectivity index (χ0v) is 11.2. The molecular weight excluding hydrogens is 276 g/mol. The lowest BCUT2D eigenvalue weighted by atomic mass is 9.99. The third-order valence-corrected chi connectivity index (χ3v) is 3.29. The highest BCUT2D eigenvalue weighted by atomic mass is 79.9. The van der Waals surface area contributed by atoms with Crippen molar-refractivity contribution in [2.75, 3.05) is 0 Å². The van der Waals surface area contributed by atoms with Crippen LogP contribution in [0.2, 0.25) is 0 Å². The average Bonchev–Trinajstić information content (AvgIpc) is 2.68. The van der Waals surface area contributed by atoms with E-state index in [0.29, 0.717) is 0 Å². The molecule has 0 fully saturated rings. The Morgan fingerprint density at radius 1 is 1.29 bits per heavy atom. The predicted molar refractivity (Wildman–Crippen MR) is 76.5 cm³/mol. The zero-order valence-electron chi connectivity index (χ0n) is 9.65. The van der Waals surface area contributed by atoms with E-state index in [1.807, 2.05) is 35.9 Å². The molecule has 17 heavy (non-hydrogen) atoms. The van der Waals surface area contributed by atoms with E-state index in [1.165, 1.54) is 0 Å². The smallest absolute Gasteiger partial charge is 0.132 e. The van der Waals surface area contributed by atoms with Crippen LogP contribution in [0.25, 0.3) is 23.4 Å². The van der Waals surface area contributed by atoms with Crippen LogP contribution in [-0.2, 0) is 7.05 Å². The van der Waals surface area contributed by atoms with Gasteiger partial charge in [0, 0.05) is 12.6 Å². The van der Waals surface area contributed by atoms with Crippen LogP contribution in [0, 0.1) is 0 Å². The van der Waals surface area contributed by atoms with Crippen molar-refractivity contribution in [1.82, 2.24) is 9.55 Å². The Morgan fingerprint density at radius 2 is 2.06 bits per heavy atom. The van der Waals surface area contributed by atoms with Crippen molar-refractivity contribution in [3.8, 4) is 11.3 Å². The number of aryl methyl sites for hydroxylation is 1. The Morgan fingerprint density at radius 3 is 2.59 bits per heavy atom. The molecular formula is C14H13BrN2. The molecule has 1 aromatic carbocycles. The molecule has 1 aromatic heterocycles. The van der Waals surface area contributed by atoms with Gasteiger partial charge in [-0.3, -0.25) is 0 Å². The summed E-state index contributed by atoms with van der Waals surface area (Å²) < 4.78 is 2.82. The lowest BCUT2D eigenvalue weighted by Crippen LogP contribution is -1.94. The van der Waals surface area contributed by atoms with Crippen LogP contribution >= 0.6 is 15.9 Å². The van der Waals surface area contributed by atoms with Crippen LogP contribution < -0.4 is 0 Å². The van der Waals surface area contributed by atoms with Gasteiger partial charge in [0.1, 0.15) is 4.60 Å². The van der Waals surface area contributed by atoms with Crippen LogP contribution in [0.5, 0.6) is 0 Å². The minimum atomic E-state index is 0.837. The number of hydrogen-bond donors (Lipinski definition) is 0. The van der Waals surface area contributed by atoms with Gasteiger partial charge in [-0.15, -0.1) is 0 Å². The zero-order chi connectivity index (χ0) is 12.4.